The molecule has 0 N–H and O–H groups in total. The average molecular weight is 346 g/mol. The summed E-state index contributed by atoms with van der Waals surface area (Å²) in [6.07, 6.45) is 1.87. The van der Waals surface area contributed by atoms with Gasteiger partial charge < -0.3 is 24.0 Å². The number of methoxy groups -OCH3 is 1. The number of nitrogens with zero attached hydrogens (tertiary/aromatic N) is 2. The number of hydrogen-bond donors (Lipinski definition) is 0. The van der Waals surface area contributed by atoms with Crippen LogP contribution in [0, 0.1) is 0 Å². The van der Waals surface area contributed by atoms with Crippen molar-refractivity contribution in [3.05, 3.63) is 24.3 Å². The highest BCUT2D eigenvalue weighted by Crippen LogP contribution is 2.44. The summed E-state index contributed by atoms with van der Waals surface area (Å²) in [6.45, 7) is 1.89. The Morgan fingerprint density at radius 1 is 1.36 bits per heavy atom. The molecule has 3 aliphatic rings. The van der Waals surface area contributed by atoms with Crippen molar-refractivity contribution in [2.45, 2.75) is 31.0 Å². The molecule has 1 spiro atoms. The van der Waals surface area contributed by atoms with Crippen molar-refractivity contribution < 1.29 is 23.8 Å². The van der Waals surface area contributed by atoms with Crippen LogP contribution in [0.2, 0.25) is 0 Å². The summed E-state index contributed by atoms with van der Waals surface area (Å²) in [4.78, 5) is 28.6. The number of benzene rings is 1. The highest BCUT2D eigenvalue weighted by atomic mass is 16.5. The number of amides is 2. The van der Waals surface area contributed by atoms with E-state index < -0.39 is 5.72 Å². The molecule has 0 saturated carbocycles. The first-order chi connectivity index (χ1) is 12.1. The lowest BCUT2D eigenvalue weighted by molar-refractivity contribution is -0.182. The van der Waals surface area contributed by atoms with Gasteiger partial charge >= 0.3 is 0 Å². The quantitative estimate of drug-likeness (QED) is 0.814. The van der Waals surface area contributed by atoms with Crippen LogP contribution in [-0.2, 0) is 14.3 Å². The van der Waals surface area contributed by atoms with Gasteiger partial charge in [-0.3, -0.25) is 9.59 Å². The van der Waals surface area contributed by atoms with E-state index in [-0.39, 0.29) is 24.5 Å². The minimum absolute atomic E-state index is 0.0616. The largest absolute Gasteiger partial charge is 0.497 e. The molecule has 0 radical (unpaired) electrons. The fourth-order valence-electron chi connectivity index (χ4n) is 4.17. The zero-order valence-electron chi connectivity index (χ0n) is 14.3. The maximum atomic E-state index is 12.7. The van der Waals surface area contributed by atoms with Crippen LogP contribution in [0.4, 0.5) is 0 Å². The average Bonchev–Trinajstić information content (AvgIpc) is 3.12. The fourth-order valence-corrected chi connectivity index (χ4v) is 4.17. The molecule has 0 bridgehead atoms. The first-order valence-electron chi connectivity index (χ1n) is 8.65. The van der Waals surface area contributed by atoms with Crippen LogP contribution < -0.4 is 9.47 Å². The summed E-state index contributed by atoms with van der Waals surface area (Å²) in [5, 5.41) is 0. The number of rotatable bonds is 4. The second kappa shape index (κ2) is 6.22. The summed E-state index contributed by atoms with van der Waals surface area (Å²) in [5.74, 6) is 1.22. The lowest BCUT2D eigenvalue weighted by Gasteiger charge is -2.42. The molecule has 3 fully saturated rings. The van der Waals surface area contributed by atoms with E-state index in [0.717, 1.165) is 13.0 Å². The summed E-state index contributed by atoms with van der Waals surface area (Å²) in [5.41, 5.74) is -0.610. The van der Waals surface area contributed by atoms with Crippen molar-refractivity contribution in [1.29, 1.82) is 0 Å². The van der Waals surface area contributed by atoms with E-state index in [9.17, 15) is 9.59 Å². The van der Waals surface area contributed by atoms with Crippen LogP contribution in [0.25, 0.3) is 0 Å². The Bertz CT molecular complexity index is 694. The summed E-state index contributed by atoms with van der Waals surface area (Å²) >= 11 is 0. The molecule has 0 aliphatic carbocycles. The Morgan fingerprint density at radius 3 is 3.04 bits per heavy atom. The Hall–Kier alpha value is -2.28. The van der Waals surface area contributed by atoms with Crippen molar-refractivity contribution >= 4 is 11.8 Å². The SMILES string of the molecule is COc1cccc(OCC(=O)N2CC[C@@]34OCCCN3C(=O)C[C@@H]24)c1. The molecule has 2 atom stereocenters. The monoisotopic (exact) mass is 346 g/mol. The van der Waals surface area contributed by atoms with Gasteiger partial charge in [-0.2, -0.15) is 0 Å². The second-order valence-corrected chi connectivity index (χ2v) is 6.62. The topological polar surface area (TPSA) is 68.3 Å². The molecule has 7 nitrogen and oxygen atoms in total. The molecule has 134 valence electrons. The van der Waals surface area contributed by atoms with E-state index in [1.807, 2.05) is 17.0 Å². The highest BCUT2D eigenvalue weighted by molar-refractivity contribution is 5.85. The van der Waals surface area contributed by atoms with E-state index in [1.54, 1.807) is 24.1 Å². The van der Waals surface area contributed by atoms with E-state index in [2.05, 4.69) is 0 Å². The molecule has 3 heterocycles. The zero-order chi connectivity index (χ0) is 17.4. The molecule has 1 aromatic carbocycles. The molecular formula is C18H22N2O5. The minimum atomic E-state index is -0.610. The summed E-state index contributed by atoms with van der Waals surface area (Å²) in [7, 11) is 1.58. The Morgan fingerprint density at radius 2 is 2.20 bits per heavy atom. The minimum Gasteiger partial charge on any atom is -0.497 e. The first kappa shape index (κ1) is 16.2. The normalized spacial score (nSPS) is 27.9. The van der Waals surface area contributed by atoms with Crippen LogP contribution in [-0.4, -0.2) is 66.8 Å². The third-order valence-corrected chi connectivity index (χ3v) is 5.34. The smallest absolute Gasteiger partial charge is 0.260 e. The Balaban J connectivity index is 1.44. The fraction of sp³-hybridized carbons (Fsp3) is 0.556. The van der Waals surface area contributed by atoms with E-state index in [0.29, 0.717) is 37.5 Å². The van der Waals surface area contributed by atoms with E-state index in [1.165, 1.54) is 0 Å². The Labute approximate surface area is 146 Å². The third kappa shape index (κ3) is 2.63. The maximum absolute atomic E-state index is 12.7. The summed E-state index contributed by atoms with van der Waals surface area (Å²) in [6, 6.07) is 6.95. The number of ether oxygens (including phenoxy) is 3. The molecular weight excluding hydrogens is 324 g/mol. The maximum Gasteiger partial charge on any atom is 0.260 e. The number of carbonyl (C=O) groups excluding carboxylic acids is 2. The molecule has 4 rings (SSSR count). The van der Waals surface area contributed by atoms with E-state index in [4.69, 9.17) is 14.2 Å². The summed E-state index contributed by atoms with van der Waals surface area (Å²) < 4.78 is 16.8. The van der Waals surface area contributed by atoms with Gasteiger partial charge in [-0.1, -0.05) is 6.07 Å². The lowest BCUT2D eigenvalue weighted by Crippen LogP contribution is -2.56. The molecule has 7 heteroatoms. The predicted octanol–water partition coefficient (Wildman–Crippen LogP) is 1.02. The van der Waals surface area contributed by atoms with Crippen molar-refractivity contribution in [3.8, 4) is 11.5 Å². The van der Waals surface area contributed by atoms with Crippen molar-refractivity contribution in [3.63, 3.8) is 0 Å². The van der Waals surface area contributed by atoms with Gasteiger partial charge in [0.25, 0.3) is 5.91 Å². The number of hydrogen-bond acceptors (Lipinski definition) is 5. The van der Waals surface area contributed by atoms with Crippen LogP contribution >= 0.6 is 0 Å². The van der Waals surface area contributed by atoms with Crippen molar-refractivity contribution in [1.82, 2.24) is 9.80 Å². The third-order valence-electron chi connectivity index (χ3n) is 5.34. The van der Waals surface area contributed by atoms with Crippen molar-refractivity contribution in [2.24, 2.45) is 0 Å². The van der Waals surface area contributed by atoms with Gasteiger partial charge in [-0.25, -0.2) is 0 Å². The highest BCUT2D eigenvalue weighted by Gasteiger charge is 2.61. The van der Waals surface area contributed by atoms with Crippen LogP contribution in [0.15, 0.2) is 24.3 Å². The first-order valence-corrected chi connectivity index (χ1v) is 8.65. The van der Waals surface area contributed by atoms with Gasteiger partial charge in [0.1, 0.15) is 11.5 Å². The number of carbonyl (C=O) groups is 2. The zero-order valence-corrected chi connectivity index (χ0v) is 14.3. The Kier molecular flexibility index (Phi) is 4.03. The van der Waals surface area contributed by atoms with Crippen LogP contribution in [0.3, 0.4) is 0 Å². The molecule has 2 amide bonds. The van der Waals surface area contributed by atoms with Gasteiger partial charge in [0.05, 0.1) is 26.2 Å². The molecule has 3 saturated heterocycles. The van der Waals surface area contributed by atoms with Crippen molar-refractivity contribution in [2.75, 3.05) is 33.4 Å². The number of likely N-dealkylation sites (tertiary alicyclic amines) is 1. The molecule has 1 aromatic rings. The van der Waals surface area contributed by atoms with Crippen LogP contribution in [0.1, 0.15) is 19.3 Å². The second-order valence-electron chi connectivity index (χ2n) is 6.62. The predicted molar refractivity (Wildman–Crippen MR) is 88.2 cm³/mol. The molecule has 3 aliphatic heterocycles. The van der Waals surface area contributed by atoms with E-state index >= 15 is 0 Å². The van der Waals surface area contributed by atoms with Gasteiger partial charge in [-0.05, 0) is 18.6 Å². The van der Waals surface area contributed by atoms with Crippen LogP contribution in [0.5, 0.6) is 11.5 Å². The van der Waals surface area contributed by atoms with Gasteiger partial charge in [0.2, 0.25) is 5.91 Å². The van der Waals surface area contributed by atoms with Gasteiger partial charge in [0, 0.05) is 25.6 Å². The lowest BCUT2D eigenvalue weighted by atomic mass is 10.0. The van der Waals surface area contributed by atoms with Gasteiger partial charge in [0.15, 0.2) is 12.3 Å². The molecule has 0 unspecified atom stereocenters. The molecule has 0 aromatic heterocycles. The molecule has 25 heavy (non-hydrogen) atoms. The standard InChI is InChI=1S/C18H22N2O5/c1-23-13-4-2-5-14(10-13)24-12-17(22)19-8-6-18-15(19)11-16(21)20(18)7-3-9-25-18/h2,4-5,10,15H,3,6-9,11-12H2,1H3/t15-,18+/m1/s1. The van der Waals surface area contributed by atoms with Gasteiger partial charge in [-0.15, -0.1) is 0 Å².